The largest absolute Gasteiger partial charge is 0.496 e. The Kier molecular flexibility index (Phi) is 4.73. The number of carbonyl (C=O) groups excluding carboxylic acids is 1. The molecule has 0 unspecified atom stereocenters. The molecular weight excluding hydrogens is 328 g/mol. The summed E-state index contributed by atoms with van der Waals surface area (Å²) < 4.78 is 5.34. The first-order valence-electron chi connectivity index (χ1n) is 7.12. The van der Waals surface area contributed by atoms with Crippen LogP contribution in [0.25, 0.3) is 9.88 Å². The van der Waals surface area contributed by atoms with Crippen LogP contribution in [0, 0.1) is 0 Å². The minimum absolute atomic E-state index is 0.162. The number of thiazole rings is 1. The van der Waals surface area contributed by atoms with Crippen molar-refractivity contribution in [2.75, 3.05) is 7.11 Å². The highest BCUT2D eigenvalue weighted by Crippen LogP contribution is 2.28. The topological polar surface area (TPSA) is 51.2 Å². The summed E-state index contributed by atoms with van der Waals surface area (Å²) in [7, 11) is 1.63. The van der Waals surface area contributed by atoms with Gasteiger partial charge >= 0.3 is 0 Å². The Labute approximate surface area is 142 Å². The summed E-state index contributed by atoms with van der Waals surface area (Å²) in [6.45, 7) is 1.93. The van der Waals surface area contributed by atoms with E-state index >= 15 is 0 Å². The number of hydrogen-bond donors (Lipinski definition) is 1. The molecule has 0 bridgehead atoms. The molecule has 0 aliphatic rings. The number of nitrogens with one attached hydrogen (secondary N) is 1. The highest BCUT2D eigenvalue weighted by Gasteiger charge is 2.17. The van der Waals surface area contributed by atoms with Gasteiger partial charge in [0.25, 0.3) is 5.91 Å². The summed E-state index contributed by atoms with van der Waals surface area (Å²) in [6, 6.07) is 11.5. The monoisotopic (exact) mass is 344 g/mol. The van der Waals surface area contributed by atoms with Crippen molar-refractivity contribution in [1.29, 1.82) is 0 Å². The standard InChI is InChI=1S/C17H16N2O2S2/c1-11(12-6-3-4-7-14(12)21-2)18-16(20)13-10-23-17(19-13)15-8-5-9-22-15/h3-11H,1-2H3,(H,18,20)/t11-/m0/s1. The van der Waals surface area contributed by atoms with Gasteiger partial charge in [-0.15, -0.1) is 22.7 Å². The van der Waals surface area contributed by atoms with Crippen molar-refractivity contribution in [2.24, 2.45) is 0 Å². The van der Waals surface area contributed by atoms with Gasteiger partial charge in [0.2, 0.25) is 0 Å². The summed E-state index contributed by atoms with van der Waals surface area (Å²) in [6.07, 6.45) is 0. The average molecular weight is 344 g/mol. The van der Waals surface area contributed by atoms with Crippen LogP contribution in [-0.4, -0.2) is 18.0 Å². The van der Waals surface area contributed by atoms with E-state index in [0.29, 0.717) is 5.69 Å². The van der Waals surface area contributed by atoms with Gasteiger partial charge in [-0.2, -0.15) is 0 Å². The number of rotatable bonds is 5. The summed E-state index contributed by atoms with van der Waals surface area (Å²) >= 11 is 3.10. The molecule has 0 spiro atoms. The van der Waals surface area contributed by atoms with Crippen LogP contribution in [0.15, 0.2) is 47.2 Å². The first-order valence-corrected chi connectivity index (χ1v) is 8.88. The fraction of sp³-hybridized carbons (Fsp3) is 0.176. The van der Waals surface area contributed by atoms with Gasteiger partial charge in [0.15, 0.2) is 0 Å². The van der Waals surface area contributed by atoms with Gasteiger partial charge in [-0.25, -0.2) is 4.98 Å². The van der Waals surface area contributed by atoms with E-state index in [0.717, 1.165) is 21.2 Å². The van der Waals surface area contributed by atoms with E-state index in [-0.39, 0.29) is 11.9 Å². The highest BCUT2D eigenvalue weighted by atomic mass is 32.1. The first kappa shape index (κ1) is 15.7. The molecular formula is C17H16N2O2S2. The molecule has 23 heavy (non-hydrogen) atoms. The Hall–Kier alpha value is -2.18. The van der Waals surface area contributed by atoms with Crippen molar-refractivity contribution < 1.29 is 9.53 Å². The van der Waals surface area contributed by atoms with Crippen LogP contribution in [-0.2, 0) is 0 Å². The second kappa shape index (κ2) is 6.93. The lowest BCUT2D eigenvalue weighted by molar-refractivity contribution is 0.0935. The van der Waals surface area contributed by atoms with Crippen LogP contribution < -0.4 is 10.1 Å². The van der Waals surface area contributed by atoms with Gasteiger partial charge in [0.05, 0.1) is 18.0 Å². The van der Waals surface area contributed by atoms with Crippen molar-refractivity contribution in [3.63, 3.8) is 0 Å². The van der Waals surface area contributed by atoms with Gasteiger partial charge in [-0.05, 0) is 24.4 Å². The highest BCUT2D eigenvalue weighted by molar-refractivity contribution is 7.20. The number of methoxy groups -OCH3 is 1. The van der Waals surface area contributed by atoms with E-state index in [4.69, 9.17) is 4.74 Å². The molecule has 0 saturated heterocycles. The van der Waals surface area contributed by atoms with Crippen LogP contribution in [0.1, 0.15) is 29.0 Å². The van der Waals surface area contributed by atoms with Crippen LogP contribution in [0.3, 0.4) is 0 Å². The lowest BCUT2D eigenvalue weighted by Gasteiger charge is -2.16. The molecule has 6 heteroatoms. The lowest BCUT2D eigenvalue weighted by atomic mass is 10.1. The van der Waals surface area contributed by atoms with Gasteiger partial charge in [0.1, 0.15) is 16.5 Å². The molecule has 0 radical (unpaired) electrons. The van der Waals surface area contributed by atoms with Crippen LogP contribution >= 0.6 is 22.7 Å². The third-order valence-corrected chi connectivity index (χ3v) is 5.30. The SMILES string of the molecule is COc1ccccc1[C@H](C)NC(=O)c1csc(-c2cccs2)n1. The summed E-state index contributed by atoms with van der Waals surface area (Å²) in [5.41, 5.74) is 1.39. The number of ether oxygens (including phenoxy) is 1. The van der Waals surface area contributed by atoms with Crippen molar-refractivity contribution >= 4 is 28.6 Å². The van der Waals surface area contributed by atoms with Crippen LogP contribution in [0.5, 0.6) is 5.75 Å². The molecule has 4 nitrogen and oxygen atoms in total. The Morgan fingerprint density at radius 3 is 2.78 bits per heavy atom. The van der Waals surface area contributed by atoms with E-state index in [1.54, 1.807) is 23.8 Å². The van der Waals surface area contributed by atoms with Crippen LogP contribution in [0.2, 0.25) is 0 Å². The Balaban J connectivity index is 1.74. The fourth-order valence-electron chi connectivity index (χ4n) is 2.26. The van der Waals surface area contributed by atoms with Gasteiger partial charge in [0, 0.05) is 10.9 Å². The number of benzene rings is 1. The molecule has 0 fully saturated rings. The summed E-state index contributed by atoms with van der Waals surface area (Å²) in [5, 5.41) is 7.64. The number of nitrogens with zero attached hydrogens (tertiary/aromatic N) is 1. The predicted octanol–water partition coefficient (Wildman–Crippen LogP) is 4.37. The normalized spacial score (nSPS) is 11.9. The van der Waals surface area contributed by atoms with E-state index in [1.165, 1.54) is 11.3 Å². The predicted molar refractivity (Wildman–Crippen MR) is 94.3 cm³/mol. The Morgan fingerprint density at radius 1 is 1.22 bits per heavy atom. The molecule has 1 atom stereocenters. The maximum Gasteiger partial charge on any atom is 0.271 e. The number of amides is 1. The summed E-state index contributed by atoms with van der Waals surface area (Å²) in [4.78, 5) is 17.9. The molecule has 1 aromatic carbocycles. The number of carbonyl (C=O) groups is 1. The Bertz CT molecular complexity index is 797. The second-order valence-electron chi connectivity index (χ2n) is 4.95. The zero-order chi connectivity index (χ0) is 16.2. The van der Waals surface area contributed by atoms with Gasteiger partial charge in [-0.1, -0.05) is 24.3 Å². The van der Waals surface area contributed by atoms with Crippen molar-refractivity contribution in [2.45, 2.75) is 13.0 Å². The minimum Gasteiger partial charge on any atom is -0.496 e. The molecule has 1 N–H and O–H groups in total. The minimum atomic E-state index is -0.178. The number of hydrogen-bond acceptors (Lipinski definition) is 5. The van der Waals surface area contributed by atoms with Crippen molar-refractivity contribution in [3.05, 3.63) is 58.4 Å². The third-order valence-electron chi connectivity index (χ3n) is 3.42. The molecule has 2 heterocycles. The van der Waals surface area contributed by atoms with Crippen molar-refractivity contribution in [1.82, 2.24) is 10.3 Å². The lowest BCUT2D eigenvalue weighted by Crippen LogP contribution is -2.27. The first-order chi connectivity index (χ1) is 11.2. The van der Waals surface area contributed by atoms with E-state index < -0.39 is 0 Å². The maximum atomic E-state index is 12.4. The van der Waals surface area contributed by atoms with E-state index in [2.05, 4.69) is 10.3 Å². The fourth-order valence-corrected chi connectivity index (χ4v) is 3.88. The van der Waals surface area contributed by atoms with Gasteiger partial charge in [-0.3, -0.25) is 4.79 Å². The zero-order valence-corrected chi connectivity index (χ0v) is 14.4. The average Bonchev–Trinajstić information content (AvgIpc) is 3.25. The number of aromatic nitrogens is 1. The second-order valence-corrected chi connectivity index (χ2v) is 6.76. The molecule has 3 aromatic rings. The van der Waals surface area contributed by atoms with E-state index in [1.807, 2.05) is 48.7 Å². The van der Waals surface area contributed by atoms with E-state index in [9.17, 15) is 4.79 Å². The zero-order valence-electron chi connectivity index (χ0n) is 12.8. The molecule has 2 aromatic heterocycles. The maximum absolute atomic E-state index is 12.4. The quantitative estimate of drug-likeness (QED) is 0.748. The number of thiophene rings is 1. The molecule has 118 valence electrons. The number of para-hydroxylation sites is 1. The Morgan fingerprint density at radius 2 is 2.04 bits per heavy atom. The van der Waals surface area contributed by atoms with Gasteiger partial charge < -0.3 is 10.1 Å². The molecule has 0 aliphatic carbocycles. The van der Waals surface area contributed by atoms with Crippen LogP contribution in [0.4, 0.5) is 0 Å². The molecule has 1 amide bonds. The third kappa shape index (κ3) is 3.43. The molecule has 3 rings (SSSR count). The summed E-state index contributed by atoms with van der Waals surface area (Å²) in [5.74, 6) is 0.584. The van der Waals surface area contributed by atoms with Crippen molar-refractivity contribution in [3.8, 4) is 15.6 Å². The molecule has 0 saturated carbocycles. The molecule has 0 aliphatic heterocycles. The smallest absolute Gasteiger partial charge is 0.271 e.